The summed E-state index contributed by atoms with van der Waals surface area (Å²) in [6.45, 7) is 4.97. The van der Waals surface area contributed by atoms with Crippen molar-refractivity contribution in [1.29, 1.82) is 0 Å². The molecule has 0 spiro atoms. The Labute approximate surface area is 106 Å². The lowest BCUT2D eigenvalue weighted by Crippen LogP contribution is -2.26. The van der Waals surface area contributed by atoms with Crippen molar-refractivity contribution in [2.45, 2.75) is 27.2 Å². The third-order valence-corrected chi connectivity index (χ3v) is 2.69. The maximum Gasteiger partial charge on any atom is 0.316 e. The standard InChI is InChI=1S/C14H17FO3/c1-4-18-14(17)12(10(3)16)8-11-6-5-9(2)7-13(11)15/h5-7,12H,4,8H2,1-3H3. The first-order valence-corrected chi connectivity index (χ1v) is 5.87. The summed E-state index contributed by atoms with van der Waals surface area (Å²) in [6.07, 6.45) is 0.0419. The molecule has 0 amide bonds. The van der Waals surface area contributed by atoms with E-state index in [1.165, 1.54) is 13.0 Å². The Kier molecular flexibility index (Phi) is 5.01. The van der Waals surface area contributed by atoms with Gasteiger partial charge in [-0.05, 0) is 44.4 Å². The van der Waals surface area contributed by atoms with Crippen molar-refractivity contribution in [2.75, 3.05) is 6.61 Å². The van der Waals surface area contributed by atoms with Crippen LogP contribution in [0.2, 0.25) is 0 Å². The van der Waals surface area contributed by atoms with Gasteiger partial charge in [-0.3, -0.25) is 9.59 Å². The van der Waals surface area contributed by atoms with E-state index >= 15 is 0 Å². The van der Waals surface area contributed by atoms with Crippen LogP contribution in [-0.4, -0.2) is 18.4 Å². The number of aryl methyl sites for hydroxylation is 1. The fraction of sp³-hybridized carbons (Fsp3) is 0.429. The Balaban J connectivity index is 2.90. The van der Waals surface area contributed by atoms with Crippen molar-refractivity contribution < 1.29 is 18.7 Å². The monoisotopic (exact) mass is 252 g/mol. The Morgan fingerprint density at radius 2 is 2.06 bits per heavy atom. The predicted octanol–water partition coefficient (Wildman–Crippen LogP) is 2.44. The van der Waals surface area contributed by atoms with Gasteiger partial charge in [0, 0.05) is 0 Å². The number of rotatable bonds is 5. The first-order chi connectivity index (χ1) is 8.45. The van der Waals surface area contributed by atoms with Crippen LogP contribution in [0.15, 0.2) is 18.2 Å². The van der Waals surface area contributed by atoms with Crippen LogP contribution in [0.4, 0.5) is 4.39 Å². The molecule has 18 heavy (non-hydrogen) atoms. The number of benzene rings is 1. The normalized spacial score (nSPS) is 12.0. The minimum atomic E-state index is -0.929. The van der Waals surface area contributed by atoms with Gasteiger partial charge in [0.05, 0.1) is 6.61 Å². The molecule has 0 aromatic heterocycles. The summed E-state index contributed by atoms with van der Waals surface area (Å²) in [5, 5.41) is 0. The highest BCUT2D eigenvalue weighted by atomic mass is 19.1. The molecule has 0 fully saturated rings. The quantitative estimate of drug-likeness (QED) is 0.597. The van der Waals surface area contributed by atoms with Gasteiger partial charge in [0.2, 0.25) is 0 Å². The Morgan fingerprint density at radius 3 is 2.56 bits per heavy atom. The predicted molar refractivity (Wildman–Crippen MR) is 65.6 cm³/mol. The van der Waals surface area contributed by atoms with Crippen molar-refractivity contribution >= 4 is 11.8 Å². The number of ether oxygens (including phenoxy) is 1. The molecule has 3 nitrogen and oxygen atoms in total. The minimum Gasteiger partial charge on any atom is -0.465 e. The molecule has 98 valence electrons. The Bertz CT molecular complexity index is 454. The van der Waals surface area contributed by atoms with Crippen LogP contribution in [0.1, 0.15) is 25.0 Å². The summed E-state index contributed by atoms with van der Waals surface area (Å²) in [5.74, 6) is -2.23. The highest BCUT2D eigenvalue weighted by Crippen LogP contribution is 2.16. The van der Waals surface area contributed by atoms with Gasteiger partial charge in [0.25, 0.3) is 0 Å². The van der Waals surface area contributed by atoms with E-state index in [-0.39, 0.29) is 18.8 Å². The molecule has 0 aliphatic rings. The van der Waals surface area contributed by atoms with Gasteiger partial charge < -0.3 is 4.74 Å². The smallest absolute Gasteiger partial charge is 0.316 e. The molecule has 0 aliphatic carbocycles. The lowest BCUT2D eigenvalue weighted by atomic mass is 9.95. The maximum atomic E-state index is 13.7. The molecule has 1 unspecified atom stereocenters. The molecular weight excluding hydrogens is 235 g/mol. The highest BCUT2D eigenvalue weighted by Gasteiger charge is 2.26. The molecule has 1 aromatic rings. The SMILES string of the molecule is CCOC(=O)C(Cc1ccc(C)cc1F)C(C)=O. The van der Waals surface area contributed by atoms with Crippen LogP contribution >= 0.6 is 0 Å². The van der Waals surface area contributed by atoms with Crippen molar-refractivity contribution in [2.24, 2.45) is 5.92 Å². The van der Waals surface area contributed by atoms with E-state index in [4.69, 9.17) is 4.74 Å². The zero-order chi connectivity index (χ0) is 13.7. The number of hydrogen-bond acceptors (Lipinski definition) is 3. The van der Waals surface area contributed by atoms with E-state index in [0.29, 0.717) is 5.56 Å². The van der Waals surface area contributed by atoms with Crippen molar-refractivity contribution in [3.63, 3.8) is 0 Å². The van der Waals surface area contributed by atoms with Gasteiger partial charge in [0.15, 0.2) is 0 Å². The van der Waals surface area contributed by atoms with E-state index in [2.05, 4.69) is 0 Å². The van der Waals surface area contributed by atoms with E-state index in [1.807, 2.05) is 0 Å². The number of halogens is 1. The van der Waals surface area contributed by atoms with Crippen LogP contribution < -0.4 is 0 Å². The van der Waals surface area contributed by atoms with E-state index in [0.717, 1.165) is 5.56 Å². The molecule has 0 N–H and O–H groups in total. The van der Waals surface area contributed by atoms with Crippen LogP contribution in [0, 0.1) is 18.7 Å². The maximum absolute atomic E-state index is 13.7. The highest BCUT2D eigenvalue weighted by molar-refractivity contribution is 5.98. The minimum absolute atomic E-state index is 0.0419. The van der Waals surface area contributed by atoms with Crippen LogP contribution in [-0.2, 0) is 20.7 Å². The van der Waals surface area contributed by atoms with E-state index < -0.39 is 17.7 Å². The van der Waals surface area contributed by atoms with Crippen molar-refractivity contribution in [3.05, 3.63) is 35.1 Å². The zero-order valence-corrected chi connectivity index (χ0v) is 10.8. The molecule has 4 heteroatoms. The first-order valence-electron chi connectivity index (χ1n) is 5.87. The van der Waals surface area contributed by atoms with Crippen LogP contribution in [0.5, 0.6) is 0 Å². The molecule has 1 atom stereocenters. The third-order valence-electron chi connectivity index (χ3n) is 2.69. The molecule has 0 saturated carbocycles. The Morgan fingerprint density at radius 1 is 1.39 bits per heavy atom. The van der Waals surface area contributed by atoms with E-state index in [9.17, 15) is 14.0 Å². The molecule has 0 bridgehead atoms. The molecule has 0 aliphatic heterocycles. The third kappa shape index (κ3) is 3.65. The number of Topliss-reactive ketones (excluding diaryl/α,β-unsaturated/α-hetero) is 1. The lowest BCUT2D eigenvalue weighted by molar-refractivity contribution is -0.151. The number of hydrogen-bond donors (Lipinski definition) is 0. The summed E-state index contributed by atoms with van der Waals surface area (Å²) in [6, 6.07) is 4.73. The average Bonchev–Trinajstić information content (AvgIpc) is 2.27. The Hall–Kier alpha value is -1.71. The van der Waals surface area contributed by atoms with Gasteiger partial charge >= 0.3 is 5.97 Å². The summed E-state index contributed by atoms with van der Waals surface area (Å²) < 4.78 is 18.5. The fourth-order valence-corrected chi connectivity index (χ4v) is 1.67. The number of carbonyl (C=O) groups is 2. The summed E-state index contributed by atoms with van der Waals surface area (Å²) >= 11 is 0. The molecular formula is C14H17FO3. The largest absolute Gasteiger partial charge is 0.465 e. The second-order valence-electron chi connectivity index (χ2n) is 4.21. The average molecular weight is 252 g/mol. The molecule has 0 saturated heterocycles. The fourth-order valence-electron chi connectivity index (χ4n) is 1.67. The lowest BCUT2D eigenvalue weighted by Gasteiger charge is -2.13. The second-order valence-corrected chi connectivity index (χ2v) is 4.21. The summed E-state index contributed by atoms with van der Waals surface area (Å²) in [4.78, 5) is 23.0. The van der Waals surface area contributed by atoms with Gasteiger partial charge in [-0.1, -0.05) is 12.1 Å². The molecule has 1 rings (SSSR count). The topological polar surface area (TPSA) is 43.4 Å². The summed E-state index contributed by atoms with van der Waals surface area (Å²) in [5.41, 5.74) is 1.15. The van der Waals surface area contributed by atoms with E-state index in [1.54, 1.807) is 26.0 Å². The van der Waals surface area contributed by atoms with Crippen molar-refractivity contribution in [3.8, 4) is 0 Å². The van der Waals surface area contributed by atoms with Gasteiger partial charge in [-0.2, -0.15) is 0 Å². The first kappa shape index (κ1) is 14.4. The van der Waals surface area contributed by atoms with Gasteiger partial charge in [0.1, 0.15) is 17.5 Å². The van der Waals surface area contributed by atoms with Crippen LogP contribution in [0.25, 0.3) is 0 Å². The number of ketones is 1. The van der Waals surface area contributed by atoms with Gasteiger partial charge in [-0.25, -0.2) is 4.39 Å². The van der Waals surface area contributed by atoms with Gasteiger partial charge in [-0.15, -0.1) is 0 Å². The van der Waals surface area contributed by atoms with Crippen molar-refractivity contribution in [1.82, 2.24) is 0 Å². The molecule has 1 aromatic carbocycles. The summed E-state index contributed by atoms with van der Waals surface area (Å²) in [7, 11) is 0. The zero-order valence-electron chi connectivity index (χ0n) is 10.8. The second kappa shape index (κ2) is 6.28. The van der Waals surface area contributed by atoms with Crippen LogP contribution in [0.3, 0.4) is 0 Å². The number of carbonyl (C=O) groups excluding carboxylic acids is 2. The number of esters is 1. The molecule has 0 heterocycles. The molecule has 0 radical (unpaired) electrons.